The van der Waals surface area contributed by atoms with Crippen LogP contribution in [0.2, 0.25) is 0 Å². The van der Waals surface area contributed by atoms with Crippen molar-refractivity contribution in [3.05, 3.63) is 71.3 Å². The third-order valence-corrected chi connectivity index (χ3v) is 5.04. The van der Waals surface area contributed by atoms with E-state index < -0.39 is 12.1 Å². The Morgan fingerprint density at radius 3 is 1.93 bits per heavy atom. The Morgan fingerprint density at radius 1 is 1.04 bits per heavy atom. The van der Waals surface area contributed by atoms with Crippen LogP contribution in [0.15, 0.2) is 48.5 Å². The van der Waals surface area contributed by atoms with Gasteiger partial charge in [-0.1, -0.05) is 24.3 Å². The molecule has 2 aromatic rings. The van der Waals surface area contributed by atoms with E-state index in [1.54, 1.807) is 31.2 Å². The molecule has 27 heavy (non-hydrogen) atoms. The maximum atomic E-state index is 13.4. The predicted molar refractivity (Wildman–Crippen MR) is 96.4 cm³/mol. The molecule has 0 spiro atoms. The molecule has 0 bridgehead atoms. The first-order chi connectivity index (χ1) is 12.9. The highest BCUT2D eigenvalue weighted by molar-refractivity contribution is 5.65. The van der Waals surface area contributed by atoms with Crippen molar-refractivity contribution < 1.29 is 23.8 Å². The van der Waals surface area contributed by atoms with Gasteiger partial charge in [0.15, 0.2) is 0 Å². The number of hydrogen-bond acceptors (Lipinski definition) is 3. The first-order valence-corrected chi connectivity index (χ1v) is 8.77. The van der Waals surface area contributed by atoms with Gasteiger partial charge < -0.3 is 15.1 Å². The van der Waals surface area contributed by atoms with Gasteiger partial charge in [0.25, 0.3) is 0 Å². The molecular formula is C20H22F2N2O3. The SMILES string of the molecule is C[C@H]1CN(C(c2ccc(F)cc2)c2ccc(F)cc2)[C@H](CO)CN1C(=O)O. The molecule has 0 saturated carbocycles. The van der Waals surface area contributed by atoms with Crippen LogP contribution in [-0.4, -0.2) is 57.9 Å². The monoisotopic (exact) mass is 376 g/mol. The van der Waals surface area contributed by atoms with Gasteiger partial charge in [-0.3, -0.25) is 4.90 Å². The van der Waals surface area contributed by atoms with E-state index in [1.807, 2.05) is 4.90 Å². The van der Waals surface area contributed by atoms with E-state index >= 15 is 0 Å². The quantitative estimate of drug-likeness (QED) is 0.861. The van der Waals surface area contributed by atoms with E-state index in [4.69, 9.17) is 0 Å². The molecular weight excluding hydrogens is 354 g/mol. The number of hydrogen-bond donors (Lipinski definition) is 2. The summed E-state index contributed by atoms with van der Waals surface area (Å²) in [5.41, 5.74) is 1.58. The van der Waals surface area contributed by atoms with Gasteiger partial charge in [-0.05, 0) is 42.3 Å². The second-order valence-electron chi connectivity index (χ2n) is 6.82. The summed E-state index contributed by atoms with van der Waals surface area (Å²) in [6, 6.07) is 11.0. The summed E-state index contributed by atoms with van der Waals surface area (Å²) in [4.78, 5) is 14.8. The lowest BCUT2D eigenvalue weighted by atomic mass is 9.93. The molecule has 1 amide bonds. The van der Waals surface area contributed by atoms with Gasteiger partial charge >= 0.3 is 6.09 Å². The Labute approximate surface area is 156 Å². The van der Waals surface area contributed by atoms with Crippen LogP contribution in [-0.2, 0) is 0 Å². The minimum Gasteiger partial charge on any atom is -0.465 e. The molecule has 0 unspecified atom stereocenters. The van der Waals surface area contributed by atoms with Crippen LogP contribution in [0.1, 0.15) is 24.1 Å². The molecule has 1 saturated heterocycles. The molecule has 7 heteroatoms. The van der Waals surface area contributed by atoms with Gasteiger partial charge in [-0.2, -0.15) is 0 Å². The van der Waals surface area contributed by atoms with Crippen molar-refractivity contribution >= 4 is 6.09 Å². The highest BCUT2D eigenvalue weighted by atomic mass is 19.1. The zero-order valence-electron chi connectivity index (χ0n) is 14.9. The van der Waals surface area contributed by atoms with E-state index in [9.17, 15) is 23.8 Å². The number of halogens is 2. The highest BCUT2D eigenvalue weighted by Gasteiger charge is 2.38. The molecule has 2 N–H and O–H groups in total. The molecule has 2 aromatic carbocycles. The maximum absolute atomic E-state index is 13.4. The molecule has 1 heterocycles. The van der Waals surface area contributed by atoms with Gasteiger partial charge in [0.1, 0.15) is 11.6 Å². The molecule has 1 fully saturated rings. The van der Waals surface area contributed by atoms with Crippen molar-refractivity contribution in [2.45, 2.75) is 25.0 Å². The largest absolute Gasteiger partial charge is 0.465 e. The number of nitrogens with zero attached hydrogens (tertiary/aromatic N) is 2. The fourth-order valence-electron chi connectivity index (χ4n) is 3.68. The zero-order chi connectivity index (χ0) is 19.6. The van der Waals surface area contributed by atoms with Crippen LogP contribution in [0.3, 0.4) is 0 Å². The zero-order valence-corrected chi connectivity index (χ0v) is 14.9. The topological polar surface area (TPSA) is 64.0 Å². The van der Waals surface area contributed by atoms with Crippen LogP contribution < -0.4 is 0 Å². The summed E-state index contributed by atoms with van der Waals surface area (Å²) in [5, 5.41) is 19.3. The van der Waals surface area contributed by atoms with Crippen molar-refractivity contribution in [1.29, 1.82) is 0 Å². The molecule has 0 radical (unpaired) electrons. The number of aliphatic hydroxyl groups excluding tert-OH is 1. The predicted octanol–water partition coefficient (Wildman–Crippen LogP) is 3.10. The molecule has 5 nitrogen and oxygen atoms in total. The van der Waals surface area contributed by atoms with Gasteiger partial charge in [0, 0.05) is 19.1 Å². The van der Waals surface area contributed by atoms with Crippen LogP contribution in [0.5, 0.6) is 0 Å². The van der Waals surface area contributed by atoms with E-state index in [0.29, 0.717) is 6.54 Å². The van der Waals surface area contributed by atoms with Crippen molar-refractivity contribution in [3.8, 4) is 0 Å². The molecule has 0 aromatic heterocycles. The summed E-state index contributed by atoms with van der Waals surface area (Å²) in [6.07, 6.45) is -1.03. The summed E-state index contributed by atoms with van der Waals surface area (Å²) >= 11 is 0. The smallest absolute Gasteiger partial charge is 0.407 e. The van der Waals surface area contributed by atoms with Gasteiger partial charge in [-0.25, -0.2) is 13.6 Å². The van der Waals surface area contributed by atoms with Crippen LogP contribution in [0.25, 0.3) is 0 Å². The van der Waals surface area contributed by atoms with Crippen LogP contribution in [0, 0.1) is 11.6 Å². The minimum absolute atomic E-state index is 0.159. The number of aliphatic hydroxyl groups is 1. The fourth-order valence-corrected chi connectivity index (χ4v) is 3.68. The van der Waals surface area contributed by atoms with E-state index in [-0.39, 0.29) is 36.9 Å². The fraction of sp³-hybridized carbons (Fsp3) is 0.350. The number of amides is 1. The number of carbonyl (C=O) groups is 1. The van der Waals surface area contributed by atoms with Gasteiger partial charge in [0.05, 0.1) is 18.7 Å². The summed E-state index contributed by atoms with van der Waals surface area (Å²) in [7, 11) is 0. The molecule has 1 aliphatic rings. The highest BCUT2D eigenvalue weighted by Crippen LogP contribution is 2.33. The third-order valence-electron chi connectivity index (χ3n) is 5.04. The first kappa shape index (κ1) is 19.3. The van der Waals surface area contributed by atoms with Crippen molar-refractivity contribution in [2.75, 3.05) is 19.7 Å². The number of rotatable bonds is 4. The Bertz CT molecular complexity index is 737. The van der Waals surface area contributed by atoms with E-state index in [2.05, 4.69) is 0 Å². The lowest BCUT2D eigenvalue weighted by molar-refractivity contribution is -0.000495. The summed E-state index contributed by atoms with van der Waals surface area (Å²) in [5.74, 6) is -0.723. The van der Waals surface area contributed by atoms with Crippen molar-refractivity contribution in [2.24, 2.45) is 0 Å². The maximum Gasteiger partial charge on any atom is 0.407 e. The Kier molecular flexibility index (Phi) is 5.72. The number of piperazine rings is 1. The van der Waals surface area contributed by atoms with E-state index in [1.165, 1.54) is 29.2 Å². The first-order valence-electron chi connectivity index (χ1n) is 8.77. The molecule has 144 valence electrons. The number of carboxylic acid groups (broad SMARTS) is 1. The Morgan fingerprint density at radius 2 is 1.52 bits per heavy atom. The standard InChI is InChI=1S/C20H22F2N2O3/c1-13-10-24(18(12-25)11-23(13)20(26)27)19(14-2-6-16(21)7-3-14)15-4-8-17(22)9-5-15/h2-9,13,18-19,25H,10-12H2,1H3,(H,26,27)/t13-,18-/m0/s1. The van der Waals surface area contributed by atoms with Crippen molar-refractivity contribution in [3.63, 3.8) is 0 Å². The third kappa shape index (κ3) is 4.09. The summed E-state index contributed by atoms with van der Waals surface area (Å²) < 4.78 is 26.8. The average molecular weight is 376 g/mol. The summed E-state index contributed by atoms with van der Waals surface area (Å²) in [6.45, 7) is 2.12. The molecule has 2 atom stereocenters. The van der Waals surface area contributed by atoms with Crippen LogP contribution >= 0.6 is 0 Å². The average Bonchev–Trinajstić information content (AvgIpc) is 2.65. The van der Waals surface area contributed by atoms with Crippen LogP contribution in [0.4, 0.5) is 13.6 Å². The second kappa shape index (κ2) is 8.02. The molecule has 1 aliphatic heterocycles. The lowest BCUT2D eigenvalue weighted by Crippen LogP contribution is -2.60. The second-order valence-corrected chi connectivity index (χ2v) is 6.82. The minimum atomic E-state index is -1.03. The lowest BCUT2D eigenvalue weighted by Gasteiger charge is -2.47. The Hall–Kier alpha value is -2.51. The number of benzene rings is 2. The van der Waals surface area contributed by atoms with Crippen molar-refractivity contribution in [1.82, 2.24) is 9.80 Å². The van der Waals surface area contributed by atoms with E-state index in [0.717, 1.165) is 11.1 Å². The van der Waals surface area contributed by atoms with Gasteiger partial charge in [-0.15, -0.1) is 0 Å². The Balaban J connectivity index is 2.02. The molecule has 0 aliphatic carbocycles. The van der Waals surface area contributed by atoms with Gasteiger partial charge in [0.2, 0.25) is 0 Å². The normalized spacial score (nSPS) is 20.9. The molecule has 3 rings (SSSR count).